The first-order chi connectivity index (χ1) is 6.91. The largest absolute Gasteiger partial charge is 0.396 e. The Balaban J connectivity index is 2.91. The molecule has 84 valence electrons. The van der Waals surface area contributed by atoms with Crippen molar-refractivity contribution in [3.8, 4) is 0 Å². The van der Waals surface area contributed by atoms with Crippen molar-refractivity contribution in [3.05, 3.63) is 12.2 Å². The number of aliphatic hydroxyl groups is 1. The lowest BCUT2D eigenvalue weighted by atomic mass is 10.1. The van der Waals surface area contributed by atoms with E-state index in [1.54, 1.807) is 0 Å². The van der Waals surface area contributed by atoms with E-state index in [2.05, 4.69) is 34.7 Å². The van der Waals surface area contributed by atoms with Crippen LogP contribution in [-0.4, -0.2) is 16.1 Å². The van der Waals surface area contributed by atoms with Crippen molar-refractivity contribution >= 4 is 22.6 Å². The van der Waals surface area contributed by atoms with E-state index in [0.717, 1.165) is 6.42 Å². The lowest BCUT2D eigenvalue weighted by Crippen LogP contribution is -1.80. The Kier molecular flexibility index (Phi) is 13.8. The zero-order valence-corrected chi connectivity index (χ0v) is 11.2. The first kappa shape index (κ1) is 14.4. The Hall–Kier alpha value is 0.430. The maximum absolute atomic E-state index is 8.54. The molecule has 0 bridgehead atoms. The summed E-state index contributed by atoms with van der Waals surface area (Å²) in [5.74, 6) is 0. The van der Waals surface area contributed by atoms with Gasteiger partial charge in [0.15, 0.2) is 0 Å². The maximum Gasteiger partial charge on any atom is 0.0465 e. The molecule has 0 radical (unpaired) electrons. The van der Waals surface area contributed by atoms with Crippen LogP contribution in [-0.2, 0) is 0 Å². The molecule has 0 aliphatic rings. The molecule has 0 saturated carbocycles. The average molecular weight is 310 g/mol. The van der Waals surface area contributed by atoms with Crippen molar-refractivity contribution in [2.75, 3.05) is 11.0 Å². The number of halogens is 1. The van der Waals surface area contributed by atoms with Gasteiger partial charge < -0.3 is 5.11 Å². The molecule has 0 saturated heterocycles. The standard InChI is InChI=1S/C12H23IO/c13-11-9-7-5-3-1-2-4-6-8-10-12-14/h6,8,14H,1-5,7,9-12H2/b8-6-. The van der Waals surface area contributed by atoms with Gasteiger partial charge in [-0.2, -0.15) is 0 Å². The molecule has 1 nitrogen and oxygen atoms in total. The average Bonchev–Trinajstić information content (AvgIpc) is 2.21. The van der Waals surface area contributed by atoms with Gasteiger partial charge in [-0.05, 0) is 30.1 Å². The second-order valence-electron chi connectivity index (χ2n) is 3.58. The summed E-state index contributed by atoms with van der Waals surface area (Å²) in [4.78, 5) is 0. The lowest BCUT2D eigenvalue weighted by molar-refractivity contribution is 0.302. The highest BCUT2D eigenvalue weighted by atomic mass is 127. The molecule has 0 atom stereocenters. The van der Waals surface area contributed by atoms with Gasteiger partial charge in [-0.1, -0.05) is 60.4 Å². The van der Waals surface area contributed by atoms with E-state index < -0.39 is 0 Å². The quantitative estimate of drug-likeness (QED) is 0.279. The molecule has 0 spiro atoms. The molecular weight excluding hydrogens is 287 g/mol. The van der Waals surface area contributed by atoms with Crippen molar-refractivity contribution in [2.24, 2.45) is 0 Å². The van der Waals surface area contributed by atoms with Crippen LogP contribution in [0.4, 0.5) is 0 Å². The highest BCUT2D eigenvalue weighted by molar-refractivity contribution is 14.1. The minimum atomic E-state index is 0.285. The first-order valence-electron chi connectivity index (χ1n) is 5.73. The van der Waals surface area contributed by atoms with Gasteiger partial charge in [0.2, 0.25) is 0 Å². The smallest absolute Gasteiger partial charge is 0.0465 e. The predicted octanol–water partition coefficient (Wildman–Crippen LogP) is 4.09. The molecule has 0 heterocycles. The van der Waals surface area contributed by atoms with Crippen LogP contribution in [0, 0.1) is 0 Å². The van der Waals surface area contributed by atoms with Gasteiger partial charge in [-0.3, -0.25) is 0 Å². The zero-order valence-electron chi connectivity index (χ0n) is 9.05. The third-order valence-corrected chi connectivity index (χ3v) is 2.98. The highest BCUT2D eigenvalue weighted by Gasteiger charge is 1.89. The van der Waals surface area contributed by atoms with Gasteiger partial charge in [0.1, 0.15) is 0 Å². The van der Waals surface area contributed by atoms with Crippen LogP contribution >= 0.6 is 22.6 Å². The molecular formula is C12H23IO. The summed E-state index contributed by atoms with van der Waals surface area (Å²) in [6.45, 7) is 0.285. The Bertz CT molecular complexity index is 123. The number of unbranched alkanes of at least 4 members (excludes halogenated alkanes) is 6. The normalized spacial score (nSPS) is 11.3. The fraction of sp³-hybridized carbons (Fsp3) is 0.833. The molecule has 0 unspecified atom stereocenters. The number of allylic oxidation sites excluding steroid dienone is 1. The van der Waals surface area contributed by atoms with Gasteiger partial charge in [0.05, 0.1) is 0 Å². The Labute approximate surface area is 102 Å². The summed E-state index contributed by atoms with van der Waals surface area (Å²) >= 11 is 2.45. The minimum Gasteiger partial charge on any atom is -0.396 e. The Morgan fingerprint density at radius 3 is 2.00 bits per heavy atom. The number of aliphatic hydroxyl groups excluding tert-OH is 1. The van der Waals surface area contributed by atoms with Crippen LogP contribution in [0.5, 0.6) is 0 Å². The van der Waals surface area contributed by atoms with E-state index >= 15 is 0 Å². The van der Waals surface area contributed by atoms with Crippen LogP contribution in [0.3, 0.4) is 0 Å². The Morgan fingerprint density at radius 1 is 0.786 bits per heavy atom. The summed E-state index contributed by atoms with van der Waals surface area (Å²) in [6, 6.07) is 0. The topological polar surface area (TPSA) is 20.2 Å². The number of hydrogen-bond donors (Lipinski definition) is 1. The summed E-state index contributed by atoms with van der Waals surface area (Å²) < 4.78 is 1.31. The van der Waals surface area contributed by atoms with Gasteiger partial charge in [-0.25, -0.2) is 0 Å². The second-order valence-corrected chi connectivity index (χ2v) is 4.66. The fourth-order valence-electron chi connectivity index (χ4n) is 1.37. The van der Waals surface area contributed by atoms with E-state index in [9.17, 15) is 0 Å². The van der Waals surface area contributed by atoms with Gasteiger partial charge in [0.25, 0.3) is 0 Å². The zero-order chi connectivity index (χ0) is 10.5. The van der Waals surface area contributed by atoms with Gasteiger partial charge in [-0.15, -0.1) is 0 Å². The minimum absolute atomic E-state index is 0.285. The molecule has 0 amide bonds. The van der Waals surface area contributed by atoms with E-state index in [1.165, 1.54) is 49.4 Å². The van der Waals surface area contributed by atoms with Crippen LogP contribution in [0.25, 0.3) is 0 Å². The van der Waals surface area contributed by atoms with Crippen molar-refractivity contribution in [1.29, 1.82) is 0 Å². The summed E-state index contributed by atoms with van der Waals surface area (Å²) in [7, 11) is 0. The highest BCUT2D eigenvalue weighted by Crippen LogP contribution is 2.08. The van der Waals surface area contributed by atoms with E-state index in [4.69, 9.17) is 5.11 Å². The van der Waals surface area contributed by atoms with Gasteiger partial charge >= 0.3 is 0 Å². The van der Waals surface area contributed by atoms with Crippen LogP contribution in [0.15, 0.2) is 12.2 Å². The molecule has 1 N–H and O–H groups in total. The molecule has 0 aromatic rings. The summed E-state index contributed by atoms with van der Waals surface area (Å²) in [5.41, 5.74) is 0. The van der Waals surface area contributed by atoms with Crippen molar-refractivity contribution < 1.29 is 5.11 Å². The monoisotopic (exact) mass is 310 g/mol. The van der Waals surface area contributed by atoms with Crippen molar-refractivity contribution in [1.82, 2.24) is 0 Å². The number of hydrogen-bond acceptors (Lipinski definition) is 1. The van der Waals surface area contributed by atoms with Crippen LogP contribution < -0.4 is 0 Å². The van der Waals surface area contributed by atoms with Gasteiger partial charge in [0, 0.05) is 6.61 Å². The molecule has 0 fully saturated rings. The number of alkyl halides is 1. The molecule has 14 heavy (non-hydrogen) atoms. The van der Waals surface area contributed by atoms with Crippen LogP contribution in [0.2, 0.25) is 0 Å². The number of rotatable bonds is 10. The van der Waals surface area contributed by atoms with Crippen molar-refractivity contribution in [2.45, 2.75) is 51.4 Å². The third kappa shape index (κ3) is 12.4. The van der Waals surface area contributed by atoms with Crippen molar-refractivity contribution in [3.63, 3.8) is 0 Å². The third-order valence-electron chi connectivity index (χ3n) is 2.22. The molecule has 0 aliphatic carbocycles. The molecule has 2 heteroatoms. The molecule has 0 aromatic carbocycles. The Morgan fingerprint density at radius 2 is 1.36 bits per heavy atom. The molecule has 0 aromatic heterocycles. The van der Waals surface area contributed by atoms with E-state index in [0.29, 0.717) is 0 Å². The summed E-state index contributed by atoms with van der Waals surface area (Å²) in [6.07, 6.45) is 14.5. The maximum atomic E-state index is 8.54. The first-order valence-corrected chi connectivity index (χ1v) is 7.26. The molecule has 0 aliphatic heterocycles. The van der Waals surface area contributed by atoms with E-state index in [-0.39, 0.29) is 6.61 Å². The fourth-order valence-corrected chi connectivity index (χ4v) is 1.91. The molecule has 0 rings (SSSR count). The lowest BCUT2D eigenvalue weighted by Gasteiger charge is -1.98. The second kappa shape index (κ2) is 13.4. The SMILES string of the molecule is OCC/C=C\CCCCCCCCI. The predicted molar refractivity (Wildman–Crippen MR) is 72.0 cm³/mol. The summed E-state index contributed by atoms with van der Waals surface area (Å²) in [5, 5.41) is 8.54. The van der Waals surface area contributed by atoms with E-state index in [1.807, 2.05) is 0 Å². The van der Waals surface area contributed by atoms with Crippen LogP contribution in [0.1, 0.15) is 51.4 Å².